The van der Waals surface area contributed by atoms with Crippen LogP contribution in [-0.4, -0.2) is 10.6 Å². The zero-order valence-electron chi connectivity index (χ0n) is 10.8. The van der Waals surface area contributed by atoms with Crippen molar-refractivity contribution in [3.63, 3.8) is 0 Å². The highest BCUT2D eigenvalue weighted by atomic mass is 79.9. The van der Waals surface area contributed by atoms with E-state index >= 15 is 0 Å². The summed E-state index contributed by atoms with van der Waals surface area (Å²) in [6, 6.07) is 15.1. The molecule has 0 aromatic heterocycles. The SMILES string of the molecule is Cc1ccc(C(=O)C(Br)C(Br)c2cccc(Cl)c2)cc1. The molecule has 1 nitrogen and oxygen atoms in total. The Kier molecular flexibility index (Phi) is 5.42. The summed E-state index contributed by atoms with van der Waals surface area (Å²) in [6.45, 7) is 2.00. The lowest BCUT2D eigenvalue weighted by Gasteiger charge is -2.16. The summed E-state index contributed by atoms with van der Waals surface area (Å²) in [7, 11) is 0. The van der Waals surface area contributed by atoms with Gasteiger partial charge in [-0.05, 0) is 24.6 Å². The summed E-state index contributed by atoms with van der Waals surface area (Å²) in [5.74, 6) is 0.0480. The minimum atomic E-state index is -0.344. The van der Waals surface area contributed by atoms with Crippen LogP contribution in [0.15, 0.2) is 48.5 Å². The molecule has 4 heteroatoms. The van der Waals surface area contributed by atoms with Crippen molar-refractivity contribution in [3.05, 3.63) is 70.2 Å². The van der Waals surface area contributed by atoms with E-state index < -0.39 is 0 Å². The highest BCUT2D eigenvalue weighted by molar-refractivity contribution is 9.12. The third kappa shape index (κ3) is 3.72. The summed E-state index contributed by atoms with van der Waals surface area (Å²) in [5, 5.41) is 0.662. The molecule has 0 heterocycles. The van der Waals surface area contributed by atoms with Crippen molar-refractivity contribution in [1.29, 1.82) is 0 Å². The molecule has 2 aromatic carbocycles. The van der Waals surface area contributed by atoms with Gasteiger partial charge in [0.25, 0.3) is 0 Å². The Morgan fingerprint density at radius 1 is 1.10 bits per heavy atom. The van der Waals surface area contributed by atoms with E-state index in [1.54, 1.807) is 0 Å². The van der Waals surface area contributed by atoms with Gasteiger partial charge in [0.05, 0.1) is 9.65 Å². The number of aryl methyl sites for hydroxylation is 1. The second kappa shape index (κ2) is 6.88. The van der Waals surface area contributed by atoms with E-state index in [0.717, 1.165) is 11.1 Å². The topological polar surface area (TPSA) is 17.1 Å². The van der Waals surface area contributed by atoms with Crippen LogP contribution in [0.4, 0.5) is 0 Å². The third-order valence-electron chi connectivity index (χ3n) is 3.01. The zero-order chi connectivity index (χ0) is 14.7. The van der Waals surface area contributed by atoms with E-state index in [9.17, 15) is 4.79 Å². The summed E-state index contributed by atoms with van der Waals surface area (Å²) in [4.78, 5) is 12.0. The van der Waals surface area contributed by atoms with Crippen molar-refractivity contribution < 1.29 is 4.79 Å². The van der Waals surface area contributed by atoms with E-state index in [0.29, 0.717) is 10.6 Å². The number of alkyl halides is 2. The molecule has 0 aliphatic rings. The molecule has 0 aliphatic heterocycles. The minimum Gasteiger partial charge on any atom is -0.293 e. The Balaban J connectivity index is 2.20. The van der Waals surface area contributed by atoms with Gasteiger partial charge < -0.3 is 0 Å². The zero-order valence-corrected chi connectivity index (χ0v) is 14.7. The Labute approximate surface area is 140 Å². The standard InChI is InChI=1S/C16H13Br2ClO/c1-10-5-7-11(8-6-10)16(20)15(18)14(17)12-3-2-4-13(19)9-12/h2-9,14-15H,1H3. The maximum atomic E-state index is 12.4. The van der Waals surface area contributed by atoms with Gasteiger partial charge in [-0.15, -0.1) is 0 Å². The van der Waals surface area contributed by atoms with E-state index in [-0.39, 0.29) is 15.4 Å². The van der Waals surface area contributed by atoms with Gasteiger partial charge in [-0.3, -0.25) is 4.79 Å². The molecule has 2 rings (SSSR count). The Hall–Kier alpha value is -0.640. The maximum Gasteiger partial charge on any atom is 0.177 e. The number of rotatable bonds is 4. The molecule has 2 atom stereocenters. The Morgan fingerprint density at radius 3 is 2.35 bits per heavy atom. The van der Waals surface area contributed by atoms with Crippen molar-refractivity contribution in [1.82, 2.24) is 0 Å². The molecule has 0 bridgehead atoms. The van der Waals surface area contributed by atoms with Gasteiger partial charge >= 0.3 is 0 Å². The summed E-state index contributed by atoms with van der Waals surface area (Å²) >= 11 is 13.0. The number of Topliss-reactive ketones (excluding diaryl/α,β-unsaturated/α-hetero) is 1. The minimum absolute atomic E-state index is 0.0480. The molecule has 104 valence electrons. The third-order valence-corrected chi connectivity index (χ3v) is 5.96. The average molecular weight is 417 g/mol. The van der Waals surface area contributed by atoms with Crippen LogP contribution in [0, 0.1) is 6.92 Å². The highest BCUT2D eigenvalue weighted by Gasteiger charge is 2.26. The first kappa shape index (κ1) is 15.7. The fraction of sp³-hybridized carbons (Fsp3) is 0.188. The molecule has 0 saturated heterocycles. The maximum absolute atomic E-state index is 12.4. The van der Waals surface area contributed by atoms with Crippen LogP contribution in [-0.2, 0) is 0 Å². The first-order valence-corrected chi connectivity index (χ1v) is 8.34. The van der Waals surface area contributed by atoms with Gasteiger partial charge in [0.15, 0.2) is 5.78 Å². The first-order chi connectivity index (χ1) is 9.49. The van der Waals surface area contributed by atoms with Crippen molar-refractivity contribution in [2.75, 3.05) is 0 Å². The van der Waals surface area contributed by atoms with Gasteiger partial charge in [0.2, 0.25) is 0 Å². The molecule has 2 unspecified atom stereocenters. The molecule has 20 heavy (non-hydrogen) atoms. The van der Waals surface area contributed by atoms with Gasteiger partial charge in [-0.25, -0.2) is 0 Å². The number of benzene rings is 2. The molecule has 0 N–H and O–H groups in total. The van der Waals surface area contributed by atoms with Crippen molar-refractivity contribution >= 4 is 49.2 Å². The summed E-state index contributed by atoms with van der Waals surface area (Å²) in [5.41, 5.74) is 2.81. The molecule has 0 aliphatic carbocycles. The van der Waals surface area contributed by atoms with Crippen LogP contribution < -0.4 is 0 Å². The van der Waals surface area contributed by atoms with E-state index in [1.165, 1.54) is 0 Å². The number of hydrogen-bond acceptors (Lipinski definition) is 1. The smallest absolute Gasteiger partial charge is 0.177 e. The Bertz CT molecular complexity index is 610. The predicted molar refractivity (Wildman–Crippen MR) is 91.3 cm³/mol. The van der Waals surface area contributed by atoms with Crippen molar-refractivity contribution in [2.45, 2.75) is 16.6 Å². The fourth-order valence-corrected chi connectivity index (χ4v) is 3.15. The van der Waals surface area contributed by atoms with E-state index in [1.807, 2.05) is 55.5 Å². The van der Waals surface area contributed by atoms with Crippen LogP contribution in [0.1, 0.15) is 26.3 Å². The van der Waals surface area contributed by atoms with Gasteiger partial charge in [-0.1, -0.05) is 85.4 Å². The highest BCUT2D eigenvalue weighted by Crippen LogP contribution is 2.34. The van der Waals surface area contributed by atoms with Crippen LogP contribution in [0.3, 0.4) is 0 Å². The molecule has 0 saturated carbocycles. The van der Waals surface area contributed by atoms with Gasteiger partial charge in [-0.2, -0.15) is 0 Å². The fourth-order valence-electron chi connectivity index (χ4n) is 1.86. The summed E-state index contributed by atoms with van der Waals surface area (Å²) < 4.78 is 0. The molecular weight excluding hydrogens is 403 g/mol. The Morgan fingerprint density at radius 2 is 1.75 bits per heavy atom. The average Bonchev–Trinajstić information content (AvgIpc) is 2.46. The predicted octanol–water partition coefficient (Wildman–Crippen LogP) is 5.73. The summed E-state index contributed by atoms with van der Waals surface area (Å²) in [6.07, 6.45) is 0. The van der Waals surface area contributed by atoms with Crippen LogP contribution in [0.25, 0.3) is 0 Å². The lowest BCUT2D eigenvalue weighted by atomic mass is 10.0. The largest absolute Gasteiger partial charge is 0.293 e. The van der Waals surface area contributed by atoms with Crippen molar-refractivity contribution in [3.8, 4) is 0 Å². The quantitative estimate of drug-likeness (QED) is 0.459. The normalized spacial score (nSPS) is 13.8. The van der Waals surface area contributed by atoms with Crippen LogP contribution >= 0.6 is 43.5 Å². The number of carbonyl (C=O) groups is 1. The molecule has 0 radical (unpaired) electrons. The number of hydrogen-bond donors (Lipinski definition) is 0. The van der Waals surface area contributed by atoms with E-state index in [2.05, 4.69) is 31.9 Å². The van der Waals surface area contributed by atoms with Crippen LogP contribution in [0.2, 0.25) is 5.02 Å². The molecule has 0 fully saturated rings. The van der Waals surface area contributed by atoms with Gasteiger partial charge in [0.1, 0.15) is 0 Å². The van der Waals surface area contributed by atoms with Crippen molar-refractivity contribution in [2.24, 2.45) is 0 Å². The molecule has 0 spiro atoms. The molecular formula is C16H13Br2ClO. The molecule has 0 amide bonds. The van der Waals surface area contributed by atoms with E-state index in [4.69, 9.17) is 11.6 Å². The number of ketones is 1. The second-order valence-corrected chi connectivity index (χ2v) is 7.00. The van der Waals surface area contributed by atoms with Gasteiger partial charge in [0, 0.05) is 10.6 Å². The monoisotopic (exact) mass is 414 g/mol. The first-order valence-electron chi connectivity index (χ1n) is 6.13. The van der Waals surface area contributed by atoms with Crippen LogP contribution in [0.5, 0.6) is 0 Å². The lowest BCUT2D eigenvalue weighted by molar-refractivity contribution is 0.0991. The lowest BCUT2D eigenvalue weighted by Crippen LogP contribution is -2.19. The number of carbonyl (C=O) groups excluding carboxylic acids is 1. The second-order valence-electron chi connectivity index (χ2n) is 4.59. The number of halogens is 3. The molecule has 2 aromatic rings.